The zero-order valence-electron chi connectivity index (χ0n) is 14.7. The summed E-state index contributed by atoms with van der Waals surface area (Å²) in [5, 5.41) is 3.68. The van der Waals surface area contributed by atoms with E-state index in [0.717, 1.165) is 11.8 Å². The van der Waals surface area contributed by atoms with Crippen LogP contribution in [-0.2, 0) is 16.0 Å². The number of aryl methyl sites for hydroxylation is 1. The summed E-state index contributed by atoms with van der Waals surface area (Å²) in [5.41, 5.74) is 2.73. The number of hydrogen-bond acceptors (Lipinski definition) is 4. The number of rotatable bonds is 5. The number of nitrogens with one attached hydrogen (secondary N) is 1. The van der Waals surface area contributed by atoms with Crippen molar-refractivity contribution < 1.29 is 14.3 Å². The molecule has 1 atom stereocenters. The van der Waals surface area contributed by atoms with E-state index in [1.165, 1.54) is 12.5 Å². The van der Waals surface area contributed by atoms with Crippen LogP contribution in [-0.4, -0.2) is 23.0 Å². The Labute approximate surface area is 152 Å². The van der Waals surface area contributed by atoms with Crippen LogP contribution in [0.5, 0.6) is 0 Å². The van der Waals surface area contributed by atoms with Crippen LogP contribution in [0.4, 0.5) is 5.69 Å². The number of nitrogens with zero attached hydrogens (tertiary/aromatic N) is 1. The standard InChI is InChI=1S/C21H20N2O3/c1-3-15-8-11-17(12-9-15)22-20(24)14(2)26-21(25)19-13-10-16-6-4-5-7-18(16)23-19/h4-14H,3H2,1-2H3,(H,22,24). The lowest BCUT2D eigenvalue weighted by atomic mass is 10.1. The Morgan fingerprint density at radius 1 is 1.04 bits per heavy atom. The minimum absolute atomic E-state index is 0.177. The molecule has 0 saturated carbocycles. The summed E-state index contributed by atoms with van der Waals surface area (Å²) in [6, 6.07) is 18.5. The van der Waals surface area contributed by atoms with Crippen LogP contribution >= 0.6 is 0 Å². The van der Waals surface area contributed by atoms with Crippen LogP contribution in [0.15, 0.2) is 60.7 Å². The molecule has 0 fully saturated rings. The first-order chi connectivity index (χ1) is 12.6. The van der Waals surface area contributed by atoms with Crippen molar-refractivity contribution in [3.63, 3.8) is 0 Å². The number of aromatic nitrogens is 1. The Bertz CT molecular complexity index is 935. The zero-order valence-corrected chi connectivity index (χ0v) is 14.7. The molecule has 0 aliphatic heterocycles. The molecule has 2 aromatic carbocycles. The van der Waals surface area contributed by atoms with Gasteiger partial charge in [0.2, 0.25) is 0 Å². The fourth-order valence-corrected chi connectivity index (χ4v) is 2.52. The van der Waals surface area contributed by atoms with E-state index in [0.29, 0.717) is 11.2 Å². The molecule has 132 valence electrons. The highest BCUT2D eigenvalue weighted by Gasteiger charge is 2.20. The summed E-state index contributed by atoms with van der Waals surface area (Å²) in [7, 11) is 0. The third-order valence-corrected chi connectivity index (χ3v) is 4.09. The summed E-state index contributed by atoms with van der Waals surface area (Å²) in [6.45, 7) is 3.60. The number of amides is 1. The van der Waals surface area contributed by atoms with E-state index >= 15 is 0 Å². The Balaban J connectivity index is 1.64. The van der Waals surface area contributed by atoms with Gasteiger partial charge in [-0.05, 0) is 43.2 Å². The Morgan fingerprint density at radius 2 is 1.77 bits per heavy atom. The molecule has 0 aliphatic carbocycles. The van der Waals surface area contributed by atoms with Crippen LogP contribution in [0.2, 0.25) is 0 Å². The number of para-hydroxylation sites is 1. The van der Waals surface area contributed by atoms with E-state index < -0.39 is 12.1 Å². The molecule has 1 heterocycles. The number of anilines is 1. The maximum absolute atomic E-state index is 12.3. The predicted octanol–water partition coefficient (Wildman–Crippen LogP) is 3.98. The maximum atomic E-state index is 12.3. The number of carbonyl (C=O) groups is 2. The van der Waals surface area contributed by atoms with Crippen molar-refractivity contribution >= 4 is 28.5 Å². The van der Waals surface area contributed by atoms with Gasteiger partial charge in [-0.2, -0.15) is 0 Å². The molecule has 5 nitrogen and oxygen atoms in total. The lowest BCUT2D eigenvalue weighted by Gasteiger charge is -2.13. The zero-order chi connectivity index (χ0) is 18.5. The smallest absolute Gasteiger partial charge is 0.357 e. The number of pyridine rings is 1. The molecule has 0 radical (unpaired) electrons. The van der Waals surface area contributed by atoms with Crippen molar-refractivity contribution in [1.29, 1.82) is 0 Å². The number of fused-ring (bicyclic) bond motifs is 1. The number of esters is 1. The van der Waals surface area contributed by atoms with Gasteiger partial charge >= 0.3 is 5.97 Å². The number of benzene rings is 2. The van der Waals surface area contributed by atoms with Gasteiger partial charge in [-0.1, -0.05) is 43.3 Å². The van der Waals surface area contributed by atoms with Crippen molar-refractivity contribution in [3.05, 3.63) is 71.9 Å². The molecule has 1 aromatic heterocycles. The van der Waals surface area contributed by atoms with Gasteiger partial charge < -0.3 is 10.1 Å². The van der Waals surface area contributed by atoms with Crippen molar-refractivity contribution in [2.24, 2.45) is 0 Å². The molecule has 0 spiro atoms. The highest BCUT2D eigenvalue weighted by Crippen LogP contribution is 2.14. The summed E-state index contributed by atoms with van der Waals surface area (Å²) >= 11 is 0. The van der Waals surface area contributed by atoms with Gasteiger partial charge in [-0.25, -0.2) is 9.78 Å². The van der Waals surface area contributed by atoms with Gasteiger partial charge in [0.25, 0.3) is 5.91 Å². The second-order valence-electron chi connectivity index (χ2n) is 5.98. The second-order valence-corrected chi connectivity index (χ2v) is 5.98. The molecule has 0 aliphatic rings. The van der Waals surface area contributed by atoms with Crippen molar-refractivity contribution in [2.75, 3.05) is 5.32 Å². The predicted molar refractivity (Wildman–Crippen MR) is 101 cm³/mol. The van der Waals surface area contributed by atoms with Crippen molar-refractivity contribution in [1.82, 2.24) is 4.98 Å². The number of ether oxygens (including phenoxy) is 1. The summed E-state index contributed by atoms with van der Waals surface area (Å²) in [5.74, 6) is -1.01. The van der Waals surface area contributed by atoms with Gasteiger partial charge in [-0.3, -0.25) is 4.79 Å². The van der Waals surface area contributed by atoms with E-state index in [-0.39, 0.29) is 11.6 Å². The molecule has 0 saturated heterocycles. The maximum Gasteiger partial charge on any atom is 0.357 e. The lowest BCUT2D eigenvalue weighted by molar-refractivity contribution is -0.123. The van der Waals surface area contributed by atoms with Gasteiger partial charge in [0.1, 0.15) is 5.69 Å². The average molecular weight is 348 g/mol. The van der Waals surface area contributed by atoms with Crippen LogP contribution in [0, 0.1) is 0 Å². The van der Waals surface area contributed by atoms with E-state index in [2.05, 4.69) is 17.2 Å². The minimum Gasteiger partial charge on any atom is -0.448 e. The molecule has 1 N–H and O–H groups in total. The summed E-state index contributed by atoms with van der Waals surface area (Å²) in [4.78, 5) is 28.8. The SMILES string of the molecule is CCc1ccc(NC(=O)C(C)OC(=O)c2ccc3ccccc3n2)cc1. The molecule has 1 unspecified atom stereocenters. The first kappa shape index (κ1) is 17.6. The summed E-state index contributed by atoms with van der Waals surface area (Å²) in [6.07, 6.45) is 0.00249. The average Bonchev–Trinajstić information content (AvgIpc) is 2.68. The van der Waals surface area contributed by atoms with Gasteiger partial charge in [-0.15, -0.1) is 0 Å². The second kappa shape index (κ2) is 7.78. The topological polar surface area (TPSA) is 68.3 Å². The van der Waals surface area contributed by atoms with E-state index in [4.69, 9.17) is 4.74 Å². The van der Waals surface area contributed by atoms with Crippen LogP contribution in [0.25, 0.3) is 10.9 Å². The van der Waals surface area contributed by atoms with E-state index in [9.17, 15) is 9.59 Å². The van der Waals surface area contributed by atoms with E-state index in [1.807, 2.05) is 48.5 Å². The first-order valence-electron chi connectivity index (χ1n) is 8.53. The number of hydrogen-bond donors (Lipinski definition) is 1. The normalized spacial score (nSPS) is 11.8. The molecule has 3 aromatic rings. The lowest BCUT2D eigenvalue weighted by Crippen LogP contribution is -2.30. The van der Waals surface area contributed by atoms with Crippen molar-refractivity contribution in [3.8, 4) is 0 Å². The third-order valence-electron chi connectivity index (χ3n) is 4.09. The fourth-order valence-electron chi connectivity index (χ4n) is 2.52. The first-order valence-corrected chi connectivity index (χ1v) is 8.53. The molecule has 3 rings (SSSR count). The Hall–Kier alpha value is -3.21. The van der Waals surface area contributed by atoms with Crippen LogP contribution < -0.4 is 5.32 Å². The van der Waals surface area contributed by atoms with Crippen molar-refractivity contribution in [2.45, 2.75) is 26.4 Å². The number of carbonyl (C=O) groups excluding carboxylic acids is 2. The van der Waals surface area contributed by atoms with Crippen LogP contribution in [0.1, 0.15) is 29.9 Å². The minimum atomic E-state index is -0.929. The fraction of sp³-hybridized carbons (Fsp3) is 0.190. The molecule has 0 bridgehead atoms. The van der Waals surface area contributed by atoms with Gasteiger partial charge in [0.05, 0.1) is 5.52 Å². The summed E-state index contributed by atoms with van der Waals surface area (Å²) < 4.78 is 5.25. The van der Waals surface area contributed by atoms with Gasteiger partial charge in [0.15, 0.2) is 6.10 Å². The Morgan fingerprint density at radius 3 is 2.50 bits per heavy atom. The van der Waals surface area contributed by atoms with Gasteiger partial charge in [0, 0.05) is 11.1 Å². The largest absolute Gasteiger partial charge is 0.448 e. The third kappa shape index (κ3) is 4.06. The molecular formula is C21H20N2O3. The van der Waals surface area contributed by atoms with E-state index in [1.54, 1.807) is 12.1 Å². The molecule has 5 heteroatoms. The molecule has 26 heavy (non-hydrogen) atoms. The highest BCUT2D eigenvalue weighted by molar-refractivity contribution is 5.97. The van der Waals surface area contributed by atoms with Crippen LogP contribution in [0.3, 0.4) is 0 Å². The molecular weight excluding hydrogens is 328 g/mol. The highest BCUT2D eigenvalue weighted by atomic mass is 16.5. The Kier molecular flexibility index (Phi) is 5.27. The quantitative estimate of drug-likeness (QED) is 0.708. The molecule has 1 amide bonds. The monoisotopic (exact) mass is 348 g/mol.